The molecule has 1 aromatic carbocycles. The molecule has 0 aliphatic heterocycles. The second kappa shape index (κ2) is 14.2. The molecule has 0 spiro atoms. The van der Waals surface area contributed by atoms with Crippen LogP contribution in [0.25, 0.3) is 0 Å². The fourth-order valence-corrected chi connectivity index (χ4v) is 2.87. The van der Waals surface area contributed by atoms with Crippen LogP contribution in [-0.4, -0.2) is 58.4 Å². The molecule has 0 aromatic heterocycles. The van der Waals surface area contributed by atoms with Crippen LogP contribution < -0.4 is 5.32 Å². The molecule has 11 nitrogen and oxygen atoms in total. The van der Waals surface area contributed by atoms with Crippen LogP contribution in [0.4, 0.5) is 4.79 Å². The summed E-state index contributed by atoms with van der Waals surface area (Å²) in [6.45, 7) is 9.94. The summed E-state index contributed by atoms with van der Waals surface area (Å²) in [6, 6.07) is 7.46. The summed E-state index contributed by atoms with van der Waals surface area (Å²) < 4.78 is 20.7. The number of carboxylic acids is 1. The number of esters is 3. The highest BCUT2D eigenvalue weighted by Gasteiger charge is 2.31. The number of hydrogen-bond donors (Lipinski definition) is 2. The molecule has 0 heterocycles. The van der Waals surface area contributed by atoms with Crippen LogP contribution in [0, 0.1) is 0 Å². The molecule has 0 saturated carbocycles. The molecule has 1 rings (SSSR count). The van der Waals surface area contributed by atoms with E-state index in [-0.39, 0.29) is 32.3 Å². The highest BCUT2D eigenvalue weighted by atomic mass is 16.6. The number of carbonyl (C=O) groups is 5. The number of nitrogens with one attached hydrogen (secondary N) is 1. The van der Waals surface area contributed by atoms with Gasteiger partial charge in [-0.05, 0) is 53.5 Å². The van der Waals surface area contributed by atoms with E-state index in [4.69, 9.17) is 18.9 Å². The standard InChI is InChI=1S/C26H37NO10/c1-25(2,3)36-21(29)15-13-19(23(32)37-26(4,5)6)35-24(33)27-18(22(30)31)12-14-20(28)34-16-17-10-8-7-9-11-17/h7-11,18-19H,12-16H2,1-6H3,(H,27,33)(H,30,31)/t18-,19-/m0/s1. The van der Waals surface area contributed by atoms with Gasteiger partial charge in [0.2, 0.25) is 6.10 Å². The van der Waals surface area contributed by atoms with Gasteiger partial charge in [0.1, 0.15) is 23.9 Å². The number of ether oxygens (including phenoxy) is 4. The van der Waals surface area contributed by atoms with Crippen molar-refractivity contribution in [1.29, 1.82) is 0 Å². The molecular weight excluding hydrogens is 486 g/mol. The zero-order valence-electron chi connectivity index (χ0n) is 22.2. The second-order valence-corrected chi connectivity index (χ2v) is 10.3. The van der Waals surface area contributed by atoms with Gasteiger partial charge in [0.15, 0.2) is 0 Å². The lowest BCUT2D eigenvalue weighted by Crippen LogP contribution is -2.44. The van der Waals surface area contributed by atoms with Gasteiger partial charge in [-0.2, -0.15) is 0 Å². The number of alkyl carbamates (subject to hydrolysis) is 1. The first kappa shape index (κ1) is 31.4. The number of benzene rings is 1. The molecule has 37 heavy (non-hydrogen) atoms. The van der Waals surface area contributed by atoms with Crippen LogP contribution in [0.5, 0.6) is 0 Å². The largest absolute Gasteiger partial charge is 0.480 e. The Morgan fingerprint density at radius 2 is 1.41 bits per heavy atom. The Morgan fingerprint density at radius 1 is 0.838 bits per heavy atom. The van der Waals surface area contributed by atoms with Gasteiger partial charge in [0, 0.05) is 19.3 Å². The Labute approximate surface area is 216 Å². The van der Waals surface area contributed by atoms with Gasteiger partial charge in [-0.25, -0.2) is 14.4 Å². The molecule has 2 N–H and O–H groups in total. The first-order valence-corrected chi connectivity index (χ1v) is 11.9. The smallest absolute Gasteiger partial charge is 0.408 e. The molecule has 11 heteroatoms. The summed E-state index contributed by atoms with van der Waals surface area (Å²) in [5, 5.41) is 11.6. The average Bonchev–Trinajstić information content (AvgIpc) is 2.76. The maximum absolute atomic E-state index is 12.6. The normalized spacial score (nSPS) is 13.0. The van der Waals surface area contributed by atoms with Crippen LogP contribution in [0.2, 0.25) is 0 Å². The summed E-state index contributed by atoms with van der Waals surface area (Å²) in [6.07, 6.45) is -3.74. The Bertz CT molecular complexity index is 931. The van der Waals surface area contributed by atoms with E-state index in [9.17, 15) is 29.1 Å². The molecule has 0 fully saturated rings. The van der Waals surface area contributed by atoms with Crippen LogP contribution in [0.15, 0.2) is 30.3 Å². The fraction of sp³-hybridized carbons (Fsp3) is 0.577. The van der Waals surface area contributed by atoms with Gasteiger partial charge < -0.3 is 29.4 Å². The lowest BCUT2D eigenvalue weighted by Gasteiger charge is -2.25. The minimum Gasteiger partial charge on any atom is -0.480 e. The highest BCUT2D eigenvalue weighted by molar-refractivity contribution is 5.83. The first-order chi connectivity index (χ1) is 17.1. The minimum absolute atomic E-state index is 0.0299. The number of amides is 1. The Kier molecular flexibility index (Phi) is 12.0. The van der Waals surface area contributed by atoms with Gasteiger partial charge in [0.05, 0.1) is 0 Å². The number of carbonyl (C=O) groups excluding carboxylic acids is 4. The lowest BCUT2D eigenvalue weighted by molar-refractivity contribution is -0.166. The molecule has 0 aliphatic rings. The Balaban J connectivity index is 2.71. The fourth-order valence-electron chi connectivity index (χ4n) is 2.87. The molecule has 0 unspecified atom stereocenters. The number of rotatable bonds is 12. The Hall–Kier alpha value is -3.63. The quantitative estimate of drug-likeness (QED) is 0.307. The molecule has 206 valence electrons. The summed E-state index contributed by atoms with van der Waals surface area (Å²) in [5.41, 5.74) is -0.870. The first-order valence-electron chi connectivity index (χ1n) is 11.9. The van der Waals surface area contributed by atoms with E-state index in [2.05, 4.69) is 5.32 Å². The maximum Gasteiger partial charge on any atom is 0.408 e. The summed E-state index contributed by atoms with van der Waals surface area (Å²) >= 11 is 0. The van der Waals surface area contributed by atoms with Crippen molar-refractivity contribution in [1.82, 2.24) is 5.32 Å². The van der Waals surface area contributed by atoms with Gasteiger partial charge in [-0.3, -0.25) is 9.59 Å². The molecule has 0 radical (unpaired) electrons. The number of hydrogen-bond acceptors (Lipinski definition) is 9. The number of carboxylic acid groups (broad SMARTS) is 1. The van der Waals surface area contributed by atoms with Crippen molar-refractivity contribution in [3.8, 4) is 0 Å². The van der Waals surface area contributed by atoms with E-state index in [1.165, 1.54) is 0 Å². The van der Waals surface area contributed by atoms with Gasteiger partial charge >= 0.3 is 30.0 Å². The van der Waals surface area contributed by atoms with E-state index >= 15 is 0 Å². The molecule has 0 bridgehead atoms. The third-order valence-electron chi connectivity index (χ3n) is 4.42. The third-order valence-corrected chi connectivity index (χ3v) is 4.42. The zero-order chi connectivity index (χ0) is 28.2. The molecule has 1 aromatic rings. The predicted molar refractivity (Wildman–Crippen MR) is 131 cm³/mol. The van der Waals surface area contributed by atoms with E-state index in [0.717, 1.165) is 5.56 Å². The minimum atomic E-state index is -1.49. The van der Waals surface area contributed by atoms with Crippen molar-refractivity contribution in [2.75, 3.05) is 0 Å². The maximum atomic E-state index is 12.6. The second-order valence-electron chi connectivity index (χ2n) is 10.3. The SMILES string of the molecule is CC(C)(C)OC(=O)CC[C@H](OC(=O)N[C@@H](CCC(=O)OCc1ccccc1)C(=O)O)C(=O)OC(C)(C)C. The highest BCUT2D eigenvalue weighted by Crippen LogP contribution is 2.16. The summed E-state index contributed by atoms with van der Waals surface area (Å²) in [7, 11) is 0. The van der Waals surface area contributed by atoms with E-state index < -0.39 is 53.3 Å². The number of aliphatic carboxylic acids is 1. The molecular formula is C26H37NO10. The van der Waals surface area contributed by atoms with Crippen LogP contribution in [-0.2, 0) is 44.7 Å². The predicted octanol–water partition coefficient (Wildman–Crippen LogP) is 3.52. The molecule has 0 saturated heterocycles. The van der Waals surface area contributed by atoms with E-state index in [1.54, 1.807) is 65.8 Å². The third kappa shape index (κ3) is 14.5. The van der Waals surface area contributed by atoms with Crippen molar-refractivity contribution < 1.29 is 48.0 Å². The van der Waals surface area contributed by atoms with Gasteiger partial charge in [0.25, 0.3) is 0 Å². The van der Waals surface area contributed by atoms with Gasteiger partial charge in [-0.15, -0.1) is 0 Å². The van der Waals surface area contributed by atoms with Gasteiger partial charge in [-0.1, -0.05) is 30.3 Å². The van der Waals surface area contributed by atoms with Crippen LogP contribution in [0.1, 0.15) is 72.8 Å². The van der Waals surface area contributed by atoms with E-state index in [1.807, 2.05) is 6.07 Å². The van der Waals surface area contributed by atoms with Crippen LogP contribution >= 0.6 is 0 Å². The monoisotopic (exact) mass is 523 g/mol. The summed E-state index contributed by atoms with van der Waals surface area (Å²) in [4.78, 5) is 60.7. The van der Waals surface area contributed by atoms with Crippen molar-refractivity contribution >= 4 is 30.0 Å². The van der Waals surface area contributed by atoms with Crippen molar-refractivity contribution in [3.63, 3.8) is 0 Å². The Morgan fingerprint density at radius 3 is 1.95 bits per heavy atom. The van der Waals surface area contributed by atoms with Crippen LogP contribution in [0.3, 0.4) is 0 Å². The average molecular weight is 524 g/mol. The van der Waals surface area contributed by atoms with E-state index in [0.29, 0.717) is 0 Å². The summed E-state index contributed by atoms with van der Waals surface area (Å²) in [5.74, 6) is -3.56. The molecule has 1 amide bonds. The van der Waals surface area contributed by atoms with Crippen molar-refractivity contribution in [2.24, 2.45) is 0 Å². The van der Waals surface area contributed by atoms with Crippen molar-refractivity contribution in [3.05, 3.63) is 35.9 Å². The molecule has 0 aliphatic carbocycles. The lowest BCUT2D eigenvalue weighted by atomic mass is 10.1. The molecule has 2 atom stereocenters. The zero-order valence-corrected chi connectivity index (χ0v) is 22.2. The topological polar surface area (TPSA) is 155 Å². The van der Waals surface area contributed by atoms with Crippen molar-refractivity contribution in [2.45, 2.75) is 97.2 Å².